The molecule has 0 amide bonds. The van der Waals surface area contributed by atoms with Crippen LogP contribution in [0.15, 0.2) is 48.5 Å². The largest absolute Gasteiger partial charge is 0.399 e. The number of imidazole rings is 1. The second kappa shape index (κ2) is 4.18. The zero-order valence-electron chi connectivity index (χ0n) is 10.3. The lowest BCUT2D eigenvalue weighted by atomic mass is 10.1. The van der Waals surface area contributed by atoms with E-state index in [4.69, 9.17) is 5.73 Å². The molecule has 0 radical (unpaired) electrons. The molecule has 0 aliphatic heterocycles. The zero-order chi connectivity index (χ0) is 12.5. The van der Waals surface area contributed by atoms with Crippen molar-refractivity contribution in [1.29, 1.82) is 0 Å². The van der Waals surface area contributed by atoms with Gasteiger partial charge in [0.2, 0.25) is 0 Å². The van der Waals surface area contributed by atoms with Crippen LogP contribution in [0.4, 0.5) is 5.69 Å². The van der Waals surface area contributed by atoms with Crippen molar-refractivity contribution in [2.75, 3.05) is 5.73 Å². The Morgan fingerprint density at radius 2 is 1.78 bits per heavy atom. The number of aryl methyl sites for hydroxylation is 1. The van der Waals surface area contributed by atoms with E-state index in [0.717, 1.165) is 23.4 Å². The number of nitrogens with two attached hydrogens (primary N) is 1. The highest BCUT2D eigenvalue weighted by atomic mass is 15.1. The molecule has 2 N–H and O–H groups in total. The van der Waals surface area contributed by atoms with Crippen LogP contribution in [0.25, 0.3) is 11.0 Å². The van der Waals surface area contributed by atoms with Gasteiger partial charge in [-0.05, 0) is 29.8 Å². The van der Waals surface area contributed by atoms with Crippen LogP contribution in [0.1, 0.15) is 11.4 Å². The second-order valence-electron chi connectivity index (χ2n) is 4.49. The van der Waals surface area contributed by atoms with Gasteiger partial charge in [-0.2, -0.15) is 0 Å². The van der Waals surface area contributed by atoms with Crippen molar-refractivity contribution in [1.82, 2.24) is 9.55 Å². The lowest BCUT2D eigenvalue weighted by molar-refractivity contribution is 0.845. The fourth-order valence-electron chi connectivity index (χ4n) is 2.17. The molecule has 0 bridgehead atoms. The van der Waals surface area contributed by atoms with Crippen molar-refractivity contribution in [2.45, 2.75) is 6.42 Å². The summed E-state index contributed by atoms with van der Waals surface area (Å²) in [6.45, 7) is 0. The number of fused-ring (bicyclic) bond motifs is 1. The zero-order valence-corrected chi connectivity index (χ0v) is 10.3. The third-order valence-electron chi connectivity index (χ3n) is 3.22. The summed E-state index contributed by atoms with van der Waals surface area (Å²) in [7, 11) is 2.06. The molecule has 2 aromatic carbocycles. The Morgan fingerprint density at radius 3 is 2.50 bits per heavy atom. The molecule has 3 rings (SSSR count). The fraction of sp³-hybridized carbons (Fsp3) is 0.133. The van der Waals surface area contributed by atoms with Gasteiger partial charge in [0.05, 0.1) is 11.0 Å². The molecule has 90 valence electrons. The van der Waals surface area contributed by atoms with Crippen LogP contribution in [0.3, 0.4) is 0 Å². The minimum atomic E-state index is 0.795. The summed E-state index contributed by atoms with van der Waals surface area (Å²) in [5, 5.41) is 0. The number of anilines is 1. The maximum absolute atomic E-state index is 5.69. The van der Waals surface area contributed by atoms with E-state index in [-0.39, 0.29) is 0 Å². The lowest BCUT2D eigenvalue weighted by Crippen LogP contribution is -1.99. The third kappa shape index (κ3) is 1.84. The molecular formula is C15H15N3. The van der Waals surface area contributed by atoms with Crippen molar-refractivity contribution in [3.63, 3.8) is 0 Å². The van der Waals surface area contributed by atoms with E-state index in [1.165, 1.54) is 11.1 Å². The van der Waals surface area contributed by atoms with Crippen molar-refractivity contribution in [3.05, 3.63) is 59.9 Å². The number of nitrogen functional groups attached to an aromatic ring is 1. The summed E-state index contributed by atoms with van der Waals surface area (Å²) in [6, 6.07) is 16.1. The Kier molecular flexibility index (Phi) is 2.52. The number of benzene rings is 2. The van der Waals surface area contributed by atoms with Gasteiger partial charge in [0.1, 0.15) is 5.82 Å². The summed E-state index contributed by atoms with van der Waals surface area (Å²) in [4.78, 5) is 4.66. The molecule has 0 aliphatic carbocycles. The van der Waals surface area contributed by atoms with E-state index in [1.807, 2.05) is 30.3 Å². The molecule has 1 heterocycles. The molecule has 18 heavy (non-hydrogen) atoms. The molecular weight excluding hydrogens is 222 g/mol. The van der Waals surface area contributed by atoms with Gasteiger partial charge in [0.15, 0.2) is 0 Å². The second-order valence-corrected chi connectivity index (χ2v) is 4.49. The summed E-state index contributed by atoms with van der Waals surface area (Å²) in [5.41, 5.74) is 9.93. The van der Waals surface area contributed by atoms with Gasteiger partial charge in [0.25, 0.3) is 0 Å². The first-order chi connectivity index (χ1) is 8.74. The Hall–Kier alpha value is -2.29. The maximum Gasteiger partial charge on any atom is 0.114 e. The van der Waals surface area contributed by atoms with Crippen LogP contribution in [0.2, 0.25) is 0 Å². The Bertz CT molecular complexity index is 681. The van der Waals surface area contributed by atoms with Crippen LogP contribution >= 0.6 is 0 Å². The minimum Gasteiger partial charge on any atom is -0.399 e. The number of aromatic nitrogens is 2. The van der Waals surface area contributed by atoms with Crippen molar-refractivity contribution in [3.8, 4) is 0 Å². The molecule has 0 saturated carbocycles. The van der Waals surface area contributed by atoms with Crippen molar-refractivity contribution < 1.29 is 0 Å². The predicted octanol–water partition coefficient (Wildman–Crippen LogP) is 2.75. The van der Waals surface area contributed by atoms with Gasteiger partial charge >= 0.3 is 0 Å². The van der Waals surface area contributed by atoms with Gasteiger partial charge in [-0.1, -0.05) is 24.3 Å². The predicted molar refractivity (Wildman–Crippen MR) is 74.4 cm³/mol. The topological polar surface area (TPSA) is 43.8 Å². The molecule has 3 nitrogen and oxygen atoms in total. The van der Waals surface area contributed by atoms with Crippen LogP contribution in [0, 0.1) is 0 Å². The number of rotatable bonds is 2. The molecule has 0 aliphatic rings. The number of nitrogens with zero attached hydrogens (tertiary/aromatic N) is 2. The average molecular weight is 237 g/mol. The van der Waals surface area contributed by atoms with Crippen LogP contribution in [0.5, 0.6) is 0 Å². The minimum absolute atomic E-state index is 0.795. The highest BCUT2D eigenvalue weighted by molar-refractivity contribution is 5.75. The molecule has 1 aromatic heterocycles. The van der Waals surface area contributed by atoms with Crippen LogP contribution in [-0.4, -0.2) is 9.55 Å². The van der Waals surface area contributed by atoms with Gasteiger partial charge < -0.3 is 10.3 Å². The van der Waals surface area contributed by atoms with E-state index in [9.17, 15) is 0 Å². The fourth-order valence-corrected chi connectivity index (χ4v) is 2.17. The summed E-state index contributed by atoms with van der Waals surface area (Å²) < 4.78 is 2.14. The van der Waals surface area contributed by atoms with E-state index in [0.29, 0.717) is 0 Å². The molecule has 0 unspecified atom stereocenters. The Balaban J connectivity index is 1.99. The molecule has 0 saturated heterocycles. The summed E-state index contributed by atoms with van der Waals surface area (Å²) >= 11 is 0. The summed E-state index contributed by atoms with van der Waals surface area (Å²) in [5.74, 6) is 1.07. The van der Waals surface area contributed by atoms with E-state index < -0.39 is 0 Å². The molecule has 0 fully saturated rings. The molecule has 3 aromatic rings. The summed E-state index contributed by atoms with van der Waals surface area (Å²) in [6.07, 6.45) is 0.825. The highest BCUT2D eigenvalue weighted by Crippen LogP contribution is 2.17. The maximum atomic E-state index is 5.69. The van der Waals surface area contributed by atoms with Crippen molar-refractivity contribution in [2.24, 2.45) is 7.05 Å². The molecule has 3 heteroatoms. The monoisotopic (exact) mass is 237 g/mol. The average Bonchev–Trinajstić information content (AvgIpc) is 2.70. The van der Waals surface area contributed by atoms with Crippen LogP contribution < -0.4 is 5.73 Å². The van der Waals surface area contributed by atoms with Crippen molar-refractivity contribution >= 4 is 16.7 Å². The Labute approximate surface area is 106 Å². The Morgan fingerprint density at radius 1 is 1.06 bits per heavy atom. The normalized spacial score (nSPS) is 10.9. The first kappa shape index (κ1) is 10.8. The van der Waals surface area contributed by atoms with E-state index >= 15 is 0 Å². The van der Waals surface area contributed by atoms with Gasteiger partial charge in [-0.15, -0.1) is 0 Å². The third-order valence-corrected chi connectivity index (χ3v) is 3.22. The standard InChI is InChI=1S/C15H15N3/c1-18-14-5-3-2-4-13(14)17-15(18)10-11-6-8-12(16)9-7-11/h2-9H,10,16H2,1H3. The lowest BCUT2D eigenvalue weighted by Gasteiger charge is -2.03. The quantitative estimate of drug-likeness (QED) is 0.696. The SMILES string of the molecule is Cn1c(Cc2ccc(N)cc2)nc2ccccc21. The first-order valence-electron chi connectivity index (χ1n) is 5.99. The van der Waals surface area contributed by atoms with Gasteiger partial charge in [0, 0.05) is 19.2 Å². The number of hydrogen-bond acceptors (Lipinski definition) is 2. The van der Waals surface area contributed by atoms with Gasteiger partial charge in [-0.25, -0.2) is 4.98 Å². The molecule has 0 spiro atoms. The highest BCUT2D eigenvalue weighted by Gasteiger charge is 2.07. The smallest absolute Gasteiger partial charge is 0.114 e. The van der Waals surface area contributed by atoms with Crippen LogP contribution in [-0.2, 0) is 13.5 Å². The van der Waals surface area contributed by atoms with Gasteiger partial charge in [-0.3, -0.25) is 0 Å². The molecule has 0 atom stereocenters. The number of para-hydroxylation sites is 2. The first-order valence-corrected chi connectivity index (χ1v) is 5.99. The number of hydrogen-bond donors (Lipinski definition) is 1. The van der Waals surface area contributed by atoms with E-state index in [2.05, 4.69) is 34.8 Å². The van der Waals surface area contributed by atoms with E-state index in [1.54, 1.807) is 0 Å².